The van der Waals surface area contributed by atoms with Gasteiger partial charge in [0.15, 0.2) is 0 Å². The van der Waals surface area contributed by atoms with Gasteiger partial charge in [-0.3, -0.25) is 9.10 Å². The molecule has 6 nitrogen and oxygen atoms in total. The third kappa shape index (κ3) is 5.20. The zero-order valence-electron chi connectivity index (χ0n) is 20.7. The molecule has 0 saturated heterocycles. The Morgan fingerprint density at radius 3 is 2.39 bits per heavy atom. The van der Waals surface area contributed by atoms with Gasteiger partial charge in [0.1, 0.15) is 17.7 Å². The lowest BCUT2D eigenvalue weighted by Gasteiger charge is -2.38. The molecule has 3 aromatic carbocycles. The zero-order chi connectivity index (χ0) is 28.0. The largest absolute Gasteiger partial charge is 0.486 e. The van der Waals surface area contributed by atoms with E-state index < -0.39 is 50.6 Å². The Kier molecular flexibility index (Phi) is 6.94. The fourth-order valence-corrected chi connectivity index (χ4v) is 6.03. The summed E-state index contributed by atoms with van der Waals surface area (Å²) in [5.41, 5.74) is -2.59. The minimum atomic E-state index is -4.99. The maximum Gasteiger partial charge on any atom is 0.419 e. The second-order valence-corrected chi connectivity index (χ2v) is 11.7. The molecule has 0 fully saturated rings. The van der Waals surface area contributed by atoms with E-state index in [-0.39, 0.29) is 34.9 Å². The normalized spacial score (nSPS) is 16.1. The number of aliphatic carboxylic acids is 1. The van der Waals surface area contributed by atoms with E-state index in [9.17, 15) is 35.9 Å². The molecule has 4 rings (SSSR count). The lowest BCUT2D eigenvalue weighted by Crippen LogP contribution is -2.46. The van der Waals surface area contributed by atoms with Crippen LogP contribution >= 0.6 is 0 Å². The minimum Gasteiger partial charge on any atom is -0.486 e. The second-order valence-electron chi connectivity index (χ2n) is 9.83. The first-order valence-electron chi connectivity index (χ1n) is 11.6. The van der Waals surface area contributed by atoms with Crippen molar-refractivity contribution in [3.05, 3.63) is 77.6 Å². The summed E-state index contributed by atoms with van der Waals surface area (Å²) in [6.45, 7) is 4.41. The number of hydrogen-bond donors (Lipinski definition) is 1. The third-order valence-electron chi connectivity index (χ3n) is 6.39. The highest BCUT2D eigenvalue weighted by molar-refractivity contribution is 7.92. The van der Waals surface area contributed by atoms with Crippen LogP contribution in [-0.2, 0) is 21.0 Å². The second kappa shape index (κ2) is 9.61. The van der Waals surface area contributed by atoms with Gasteiger partial charge in [-0.2, -0.15) is 13.2 Å². The number of sulfonamides is 1. The Morgan fingerprint density at radius 2 is 1.76 bits per heavy atom. The quantitative estimate of drug-likeness (QED) is 0.365. The van der Waals surface area contributed by atoms with Gasteiger partial charge in [-0.05, 0) is 67.8 Å². The Bertz CT molecular complexity index is 1500. The van der Waals surface area contributed by atoms with Crippen molar-refractivity contribution >= 4 is 21.7 Å². The van der Waals surface area contributed by atoms with Crippen molar-refractivity contribution in [2.75, 3.05) is 10.8 Å². The summed E-state index contributed by atoms with van der Waals surface area (Å²) in [6, 6.07) is 12.9. The van der Waals surface area contributed by atoms with E-state index in [2.05, 4.69) is 0 Å². The summed E-state index contributed by atoms with van der Waals surface area (Å²) < 4.78 is 90.0. The highest BCUT2D eigenvalue weighted by Gasteiger charge is 2.41. The van der Waals surface area contributed by atoms with Gasteiger partial charge in [-0.25, -0.2) is 12.8 Å². The molecule has 0 spiro atoms. The number of carboxylic acid groups (broad SMARTS) is 1. The molecule has 1 N–H and O–H groups in total. The number of halogens is 4. The average molecular weight is 552 g/mol. The smallest absolute Gasteiger partial charge is 0.419 e. The summed E-state index contributed by atoms with van der Waals surface area (Å²) in [7, 11) is -4.24. The molecule has 38 heavy (non-hydrogen) atoms. The van der Waals surface area contributed by atoms with Gasteiger partial charge in [0.25, 0.3) is 10.0 Å². The number of alkyl halides is 3. The number of ether oxygens (including phenoxy) is 1. The van der Waals surface area contributed by atoms with Crippen LogP contribution in [0.2, 0.25) is 0 Å². The SMILES string of the molecule is Cc1cccc(S(=O)(=O)N2C[C@H](CC(C)(C)C(=O)O)Oc3ccc(-c4cccc(F)c4C(F)(F)F)cc32)c1. The molecule has 0 unspecified atom stereocenters. The van der Waals surface area contributed by atoms with Crippen LogP contribution < -0.4 is 9.04 Å². The molecule has 0 bridgehead atoms. The number of fused-ring (bicyclic) bond motifs is 1. The molecular weight excluding hydrogens is 526 g/mol. The van der Waals surface area contributed by atoms with Crippen LogP contribution in [0.15, 0.2) is 65.6 Å². The van der Waals surface area contributed by atoms with Gasteiger partial charge in [0, 0.05) is 6.42 Å². The molecule has 0 aromatic heterocycles. The summed E-state index contributed by atoms with van der Waals surface area (Å²) in [6.07, 6.45) is -5.89. The molecule has 1 aliphatic heterocycles. The Labute approximate surface area is 217 Å². The monoisotopic (exact) mass is 551 g/mol. The van der Waals surface area contributed by atoms with Crippen molar-refractivity contribution in [1.29, 1.82) is 0 Å². The number of benzene rings is 3. The summed E-state index contributed by atoms with van der Waals surface area (Å²) in [5, 5.41) is 9.57. The van der Waals surface area contributed by atoms with Gasteiger partial charge in [0.05, 0.1) is 28.1 Å². The number of aryl methyl sites for hydroxylation is 1. The predicted octanol–water partition coefficient (Wildman–Crippen LogP) is 6.28. The molecule has 3 aromatic rings. The van der Waals surface area contributed by atoms with Crippen LogP contribution in [0, 0.1) is 18.2 Å². The van der Waals surface area contributed by atoms with E-state index >= 15 is 0 Å². The summed E-state index contributed by atoms with van der Waals surface area (Å²) >= 11 is 0. The molecule has 1 aliphatic rings. The van der Waals surface area contributed by atoms with E-state index in [1.807, 2.05) is 0 Å². The summed E-state index contributed by atoms with van der Waals surface area (Å²) in [4.78, 5) is 11.7. The van der Waals surface area contributed by atoms with Crippen molar-refractivity contribution in [3.63, 3.8) is 0 Å². The fourth-order valence-electron chi connectivity index (χ4n) is 4.43. The zero-order valence-corrected chi connectivity index (χ0v) is 21.5. The minimum absolute atomic E-state index is 0.0362. The van der Waals surface area contributed by atoms with Crippen molar-refractivity contribution in [2.45, 2.75) is 44.4 Å². The maximum atomic E-state index is 14.3. The first kappa shape index (κ1) is 27.4. The highest BCUT2D eigenvalue weighted by Crippen LogP contribution is 2.44. The number of hydrogen-bond acceptors (Lipinski definition) is 4. The Morgan fingerprint density at radius 1 is 1.08 bits per heavy atom. The lowest BCUT2D eigenvalue weighted by atomic mass is 9.86. The van der Waals surface area contributed by atoms with Crippen molar-refractivity contribution < 1.29 is 40.6 Å². The first-order chi connectivity index (χ1) is 17.6. The third-order valence-corrected chi connectivity index (χ3v) is 8.17. The maximum absolute atomic E-state index is 14.3. The molecule has 0 radical (unpaired) electrons. The van der Waals surface area contributed by atoms with Crippen LogP contribution in [0.1, 0.15) is 31.4 Å². The topological polar surface area (TPSA) is 83.9 Å². The van der Waals surface area contributed by atoms with Gasteiger partial charge in [-0.1, -0.05) is 30.3 Å². The lowest BCUT2D eigenvalue weighted by molar-refractivity contribution is -0.148. The van der Waals surface area contributed by atoms with E-state index in [4.69, 9.17) is 4.74 Å². The van der Waals surface area contributed by atoms with Crippen LogP contribution in [0.25, 0.3) is 11.1 Å². The van der Waals surface area contributed by atoms with E-state index in [0.717, 1.165) is 16.4 Å². The highest BCUT2D eigenvalue weighted by atomic mass is 32.2. The molecule has 0 aliphatic carbocycles. The van der Waals surface area contributed by atoms with Crippen molar-refractivity contribution in [2.24, 2.45) is 5.41 Å². The molecule has 0 amide bonds. The number of anilines is 1. The standard InChI is InChI=1S/C27H25F4NO5S/c1-16-6-4-7-19(12-16)38(35,36)32-15-18(14-26(2,3)25(33)34)37-23-11-10-17(13-22(23)32)20-8-5-9-21(28)24(20)27(29,30)31/h4-13,18H,14-15H2,1-3H3,(H,33,34)/t18-/m0/s1. The van der Waals surface area contributed by atoms with Crippen LogP contribution in [0.3, 0.4) is 0 Å². The number of carboxylic acids is 1. The number of nitrogens with zero attached hydrogens (tertiary/aromatic N) is 1. The molecule has 1 heterocycles. The first-order valence-corrected chi connectivity index (χ1v) is 13.0. The number of carbonyl (C=O) groups is 1. The average Bonchev–Trinajstić information content (AvgIpc) is 2.82. The van der Waals surface area contributed by atoms with Crippen molar-refractivity contribution in [3.8, 4) is 16.9 Å². The number of rotatable bonds is 6. The Hall–Kier alpha value is -3.60. The molecule has 0 saturated carbocycles. The Balaban J connectivity index is 1.88. The summed E-state index contributed by atoms with van der Waals surface area (Å²) in [5.74, 6) is -2.50. The fraction of sp³-hybridized carbons (Fsp3) is 0.296. The molecule has 1 atom stereocenters. The van der Waals surface area contributed by atoms with E-state index in [1.165, 1.54) is 44.2 Å². The van der Waals surface area contributed by atoms with E-state index in [0.29, 0.717) is 11.6 Å². The predicted molar refractivity (Wildman–Crippen MR) is 133 cm³/mol. The van der Waals surface area contributed by atoms with Crippen LogP contribution in [0.5, 0.6) is 5.75 Å². The van der Waals surface area contributed by atoms with Gasteiger partial charge >= 0.3 is 12.1 Å². The van der Waals surface area contributed by atoms with Gasteiger partial charge in [-0.15, -0.1) is 0 Å². The molecular formula is C27H25F4NO5S. The molecule has 11 heteroatoms. The van der Waals surface area contributed by atoms with E-state index in [1.54, 1.807) is 19.1 Å². The van der Waals surface area contributed by atoms with Gasteiger partial charge < -0.3 is 9.84 Å². The van der Waals surface area contributed by atoms with Gasteiger partial charge in [0.2, 0.25) is 0 Å². The van der Waals surface area contributed by atoms with Crippen LogP contribution in [0.4, 0.5) is 23.2 Å². The van der Waals surface area contributed by atoms with Crippen molar-refractivity contribution in [1.82, 2.24) is 0 Å². The molecule has 202 valence electrons. The van der Waals surface area contributed by atoms with Crippen LogP contribution in [-0.4, -0.2) is 32.1 Å².